The van der Waals surface area contributed by atoms with Crippen LogP contribution in [0, 0.1) is 0 Å². The number of aromatic nitrogens is 1. The molecule has 2 aliphatic rings. The standard InChI is InChI=1S/C24H32N4O4S/c1-18-16-27(17-19(2)32-18)23-10-9-20(14-25-23)15-26-24(29)21-7-6-8-22(13-21)33(30,31)28-11-4-3-5-12-28/h6-10,13-14,18-19H,3-5,11-12,15-17H2,1-2H3,(H,26,29). The van der Waals surface area contributed by atoms with Crippen LogP contribution in [0.5, 0.6) is 0 Å². The molecule has 0 bridgehead atoms. The highest BCUT2D eigenvalue weighted by Crippen LogP contribution is 2.22. The SMILES string of the molecule is CC1CN(c2ccc(CNC(=O)c3cccc(S(=O)(=O)N4CCCCC4)c3)cn2)CC(C)O1. The van der Waals surface area contributed by atoms with Gasteiger partial charge >= 0.3 is 0 Å². The van der Waals surface area contributed by atoms with Crippen LogP contribution in [0.25, 0.3) is 0 Å². The number of morpholine rings is 1. The molecule has 2 aliphatic heterocycles. The number of carbonyl (C=O) groups excluding carboxylic acids is 1. The van der Waals surface area contributed by atoms with Crippen LogP contribution in [-0.2, 0) is 21.3 Å². The predicted molar refractivity (Wildman–Crippen MR) is 127 cm³/mol. The van der Waals surface area contributed by atoms with Crippen molar-refractivity contribution in [1.29, 1.82) is 0 Å². The van der Waals surface area contributed by atoms with Gasteiger partial charge in [0.2, 0.25) is 10.0 Å². The van der Waals surface area contributed by atoms with Crippen molar-refractivity contribution in [3.63, 3.8) is 0 Å². The lowest BCUT2D eigenvalue weighted by molar-refractivity contribution is -0.00546. The molecule has 0 spiro atoms. The maximum Gasteiger partial charge on any atom is 0.251 e. The van der Waals surface area contributed by atoms with Crippen molar-refractivity contribution in [3.05, 3.63) is 53.7 Å². The molecule has 2 aromatic rings. The van der Waals surface area contributed by atoms with Gasteiger partial charge in [-0.25, -0.2) is 13.4 Å². The molecule has 1 aromatic heterocycles. The number of carbonyl (C=O) groups is 1. The molecule has 8 nitrogen and oxygen atoms in total. The number of amides is 1. The number of nitrogens with one attached hydrogen (secondary N) is 1. The smallest absolute Gasteiger partial charge is 0.251 e. The highest BCUT2D eigenvalue weighted by molar-refractivity contribution is 7.89. The van der Waals surface area contributed by atoms with E-state index in [0.717, 1.165) is 43.7 Å². The van der Waals surface area contributed by atoms with E-state index in [1.54, 1.807) is 24.4 Å². The number of piperidine rings is 1. The van der Waals surface area contributed by atoms with Gasteiger partial charge in [-0.05, 0) is 56.5 Å². The Hall–Kier alpha value is -2.49. The number of hydrogen-bond acceptors (Lipinski definition) is 6. The van der Waals surface area contributed by atoms with E-state index in [0.29, 0.717) is 25.2 Å². The van der Waals surface area contributed by atoms with Crippen LogP contribution >= 0.6 is 0 Å². The Kier molecular flexibility index (Phi) is 7.31. The first kappa shape index (κ1) is 23.7. The van der Waals surface area contributed by atoms with Gasteiger partial charge < -0.3 is 15.0 Å². The third kappa shape index (κ3) is 5.72. The Morgan fingerprint density at radius 3 is 2.48 bits per heavy atom. The van der Waals surface area contributed by atoms with E-state index in [-0.39, 0.29) is 23.0 Å². The normalized spacial score (nSPS) is 22.2. The summed E-state index contributed by atoms with van der Waals surface area (Å²) in [5.74, 6) is 0.577. The zero-order chi connectivity index (χ0) is 23.4. The molecular formula is C24H32N4O4S. The third-order valence-corrected chi connectivity index (χ3v) is 7.95. The Morgan fingerprint density at radius 2 is 1.82 bits per heavy atom. The van der Waals surface area contributed by atoms with E-state index >= 15 is 0 Å². The van der Waals surface area contributed by atoms with Crippen LogP contribution in [0.2, 0.25) is 0 Å². The molecule has 2 unspecified atom stereocenters. The van der Waals surface area contributed by atoms with Crippen molar-refractivity contribution >= 4 is 21.7 Å². The van der Waals surface area contributed by atoms with E-state index in [2.05, 4.69) is 29.0 Å². The zero-order valence-electron chi connectivity index (χ0n) is 19.2. The predicted octanol–water partition coefficient (Wildman–Crippen LogP) is 2.80. The molecule has 33 heavy (non-hydrogen) atoms. The molecule has 1 N–H and O–H groups in total. The molecule has 2 saturated heterocycles. The Labute approximate surface area is 196 Å². The van der Waals surface area contributed by atoms with Crippen molar-refractivity contribution < 1.29 is 17.9 Å². The average molecular weight is 473 g/mol. The van der Waals surface area contributed by atoms with Gasteiger partial charge in [0.1, 0.15) is 5.82 Å². The van der Waals surface area contributed by atoms with Crippen molar-refractivity contribution in [3.8, 4) is 0 Å². The van der Waals surface area contributed by atoms with E-state index in [4.69, 9.17) is 4.74 Å². The zero-order valence-corrected chi connectivity index (χ0v) is 20.1. The molecule has 1 amide bonds. The number of nitrogens with zero attached hydrogens (tertiary/aromatic N) is 3. The van der Waals surface area contributed by atoms with Crippen molar-refractivity contribution in [2.45, 2.75) is 56.8 Å². The molecule has 3 heterocycles. The van der Waals surface area contributed by atoms with E-state index in [9.17, 15) is 13.2 Å². The summed E-state index contributed by atoms with van der Waals surface area (Å²) in [6.07, 6.45) is 4.87. The summed E-state index contributed by atoms with van der Waals surface area (Å²) in [7, 11) is -3.58. The van der Waals surface area contributed by atoms with Gasteiger partial charge in [0.05, 0.1) is 17.1 Å². The highest BCUT2D eigenvalue weighted by atomic mass is 32.2. The van der Waals surface area contributed by atoms with Gasteiger partial charge in [-0.1, -0.05) is 18.6 Å². The number of anilines is 1. The molecule has 1 aromatic carbocycles. The van der Waals surface area contributed by atoms with Gasteiger partial charge in [-0.15, -0.1) is 0 Å². The molecule has 9 heteroatoms. The molecule has 2 fully saturated rings. The lowest BCUT2D eigenvalue weighted by Gasteiger charge is -2.36. The fourth-order valence-corrected chi connectivity index (χ4v) is 5.97. The first-order chi connectivity index (χ1) is 15.8. The quantitative estimate of drug-likeness (QED) is 0.695. The molecule has 0 saturated carbocycles. The Morgan fingerprint density at radius 1 is 1.09 bits per heavy atom. The summed E-state index contributed by atoms with van der Waals surface area (Å²) in [4.78, 5) is 19.6. The third-order valence-electron chi connectivity index (χ3n) is 6.05. The highest BCUT2D eigenvalue weighted by Gasteiger charge is 2.26. The minimum atomic E-state index is -3.58. The first-order valence-corrected chi connectivity index (χ1v) is 13.0. The lowest BCUT2D eigenvalue weighted by Crippen LogP contribution is -2.45. The lowest BCUT2D eigenvalue weighted by atomic mass is 10.2. The largest absolute Gasteiger partial charge is 0.372 e. The minimum Gasteiger partial charge on any atom is -0.372 e. The average Bonchev–Trinajstić information content (AvgIpc) is 2.83. The summed E-state index contributed by atoms with van der Waals surface area (Å²) in [5, 5.41) is 2.87. The van der Waals surface area contributed by atoms with Gasteiger partial charge in [-0.3, -0.25) is 4.79 Å². The maximum atomic E-state index is 12.9. The molecule has 0 aliphatic carbocycles. The number of ether oxygens (including phenoxy) is 1. The minimum absolute atomic E-state index is 0.156. The van der Waals surface area contributed by atoms with E-state index in [1.807, 2.05) is 12.1 Å². The molecule has 4 rings (SSSR count). The van der Waals surface area contributed by atoms with Gasteiger partial charge in [0.15, 0.2) is 0 Å². The molecular weight excluding hydrogens is 440 g/mol. The molecule has 178 valence electrons. The van der Waals surface area contributed by atoms with Crippen LogP contribution in [-0.4, -0.2) is 62.0 Å². The number of pyridine rings is 1. The van der Waals surface area contributed by atoms with E-state index in [1.165, 1.54) is 10.4 Å². The number of hydrogen-bond donors (Lipinski definition) is 1. The second kappa shape index (κ2) is 10.2. The van der Waals surface area contributed by atoms with E-state index < -0.39 is 10.0 Å². The molecule has 0 radical (unpaired) electrons. The summed E-state index contributed by atoms with van der Waals surface area (Å²) in [5.41, 5.74) is 1.20. The van der Waals surface area contributed by atoms with Crippen molar-refractivity contribution in [1.82, 2.24) is 14.6 Å². The fraction of sp³-hybridized carbons (Fsp3) is 0.500. The summed E-state index contributed by atoms with van der Waals surface area (Å²) in [6.45, 7) is 7.08. The summed E-state index contributed by atoms with van der Waals surface area (Å²) < 4.78 is 33.1. The van der Waals surface area contributed by atoms with Gasteiger partial charge in [0.25, 0.3) is 5.91 Å². The summed E-state index contributed by atoms with van der Waals surface area (Å²) in [6, 6.07) is 10.2. The first-order valence-electron chi connectivity index (χ1n) is 11.6. The van der Waals surface area contributed by atoms with Crippen LogP contribution in [0.4, 0.5) is 5.82 Å². The second-order valence-electron chi connectivity index (χ2n) is 8.86. The van der Waals surface area contributed by atoms with Gasteiger partial charge in [-0.2, -0.15) is 4.31 Å². The summed E-state index contributed by atoms with van der Waals surface area (Å²) >= 11 is 0. The monoisotopic (exact) mass is 472 g/mol. The number of benzene rings is 1. The second-order valence-corrected chi connectivity index (χ2v) is 10.8. The number of sulfonamides is 1. The Balaban J connectivity index is 1.37. The topological polar surface area (TPSA) is 91.8 Å². The van der Waals surface area contributed by atoms with Gasteiger partial charge in [0, 0.05) is 44.5 Å². The van der Waals surface area contributed by atoms with Crippen molar-refractivity contribution in [2.24, 2.45) is 0 Å². The van der Waals surface area contributed by atoms with Crippen molar-refractivity contribution in [2.75, 3.05) is 31.1 Å². The van der Waals surface area contributed by atoms with Crippen LogP contribution < -0.4 is 10.2 Å². The maximum absolute atomic E-state index is 12.9. The fourth-order valence-electron chi connectivity index (χ4n) is 4.41. The number of rotatable bonds is 6. The van der Waals surface area contributed by atoms with Crippen LogP contribution in [0.15, 0.2) is 47.5 Å². The van der Waals surface area contributed by atoms with Crippen LogP contribution in [0.3, 0.4) is 0 Å². The van der Waals surface area contributed by atoms with Crippen LogP contribution in [0.1, 0.15) is 49.0 Å². The molecule has 2 atom stereocenters. The Bertz CT molecular complexity index is 1060.